The Morgan fingerprint density at radius 1 is 1.11 bits per heavy atom. The van der Waals surface area contributed by atoms with Crippen molar-refractivity contribution >= 4 is 5.91 Å². The van der Waals surface area contributed by atoms with Crippen LogP contribution in [0, 0.1) is 5.92 Å². The molecule has 1 N–H and O–H groups in total. The summed E-state index contributed by atoms with van der Waals surface area (Å²) in [4.78, 5) is 14.9. The average molecular weight is 252 g/mol. The fraction of sp³-hybridized carbons (Fsp3) is 0.933. The van der Waals surface area contributed by atoms with Crippen LogP contribution in [0.3, 0.4) is 0 Å². The normalized spacial score (nSPS) is 22.9. The molecule has 0 bridgehead atoms. The highest BCUT2D eigenvalue weighted by atomic mass is 16.2. The van der Waals surface area contributed by atoms with E-state index in [0.717, 1.165) is 51.7 Å². The molecule has 3 heteroatoms. The van der Waals surface area contributed by atoms with E-state index < -0.39 is 0 Å². The van der Waals surface area contributed by atoms with Crippen LogP contribution >= 0.6 is 0 Å². The molecule has 1 saturated carbocycles. The standard InChI is InChI=1S/C15H28N2O/c1-2-12-17(14-8-10-16-11-9-14)15(18)13-6-4-3-5-7-13/h13-14,16H,2-12H2,1H3. The van der Waals surface area contributed by atoms with Crippen LogP contribution in [-0.2, 0) is 4.79 Å². The van der Waals surface area contributed by atoms with Gasteiger partial charge in [0.05, 0.1) is 0 Å². The molecule has 1 heterocycles. The summed E-state index contributed by atoms with van der Waals surface area (Å²) in [6.07, 6.45) is 9.45. The second-order valence-corrected chi connectivity index (χ2v) is 5.85. The van der Waals surface area contributed by atoms with Crippen molar-refractivity contribution in [1.82, 2.24) is 10.2 Å². The van der Waals surface area contributed by atoms with Gasteiger partial charge in [0.1, 0.15) is 0 Å². The first kappa shape index (κ1) is 13.9. The van der Waals surface area contributed by atoms with Gasteiger partial charge in [-0.2, -0.15) is 0 Å². The maximum atomic E-state index is 12.7. The monoisotopic (exact) mass is 252 g/mol. The zero-order valence-corrected chi connectivity index (χ0v) is 11.8. The van der Waals surface area contributed by atoms with Crippen molar-refractivity contribution in [3.63, 3.8) is 0 Å². The van der Waals surface area contributed by atoms with E-state index in [1.165, 1.54) is 19.3 Å². The van der Waals surface area contributed by atoms with Gasteiger partial charge in [0.15, 0.2) is 0 Å². The van der Waals surface area contributed by atoms with E-state index in [4.69, 9.17) is 0 Å². The third kappa shape index (κ3) is 3.47. The maximum Gasteiger partial charge on any atom is 0.225 e. The van der Waals surface area contributed by atoms with Crippen LogP contribution in [0.5, 0.6) is 0 Å². The topological polar surface area (TPSA) is 32.3 Å². The Morgan fingerprint density at radius 3 is 2.39 bits per heavy atom. The van der Waals surface area contributed by atoms with Gasteiger partial charge in [0.2, 0.25) is 5.91 Å². The Labute approximate surface area is 111 Å². The molecule has 1 saturated heterocycles. The van der Waals surface area contributed by atoms with Crippen LogP contribution in [-0.4, -0.2) is 36.5 Å². The van der Waals surface area contributed by atoms with Crippen LogP contribution in [0.4, 0.5) is 0 Å². The first-order valence-corrected chi connectivity index (χ1v) is 7.84. The predicted octanol–water partition coefficient (Wildman–Crippen LogP) is 2.56. The second kappa shape index (κ2) is 7.13. The first-order valence-electron chi connectivity index (χ1n) is 7.84. The fourth-order valence-electron chi connectivity index (χ4n) is 3.42. The summed E-state index contributed by atoms with van der Waals surface area (Å²) in [5.41, 5.74) is 0. The number of hydrogen-bond acceptors (Lipinski definition) is 2. The number of hydrogen-bond donors (Lipinski definition) is 1. The fourth-order valence-corrected chi connectivity index (χ4v) is 3.42. The number of carbonyl (C=O) groups excluding carboxylic acids is 1. The second-order valence-electron chi connectivity index (χ2n) is 5.85. The van der Waals surface area contributed by atoms with Gasteiger partial charge in [0, 0.05) is 18.5 Å². The molecule has 0 spiro atoms. The highest BCUT2D eigenvalue weighted by Crippen LogP contribution is 2.27. The Morgan fingerprint density at radius 2 is 1.78 bits per heavy atom. The number of carbonyl (C=O) groups is 1. The minimum Gasteiger partial charge on any atom is -0.339 e. The third-order valence-corrected chi connectivity index (χ3v) is 4.45. The highest BCUT2D eigenvalue weighted by molar-refractivity contribution is 5.79. The first-order chi connectivity index (χ1) is 8.83. The van der Waals surface area contributed by atoms with Crippen molar-refractivity contribution in [2.24, 2.45) is 5.92 Å². The lowest BCUT2D eigenvalue weighted by atomic mass is 9.87. The summed E-state index contributed by atoms with van der Waals surface area (Å²) in [7, 11) is 0. The molecule has 2 fully saturated rings. The largest absolute Gasteiger partial charge is 0.339 e. The quantitative estimate of drug-likeness (QED) is 0.834. The van der Waals surface area contributed by atoms with Crippen LogP contribution < -0.4 is 5.32 Å². The number of nitrogens with zero attached hydrogens (tertiary/aromatic N) is 1. The molecule has 0 atom stereocenters. The van der Waals surface area contributed by atoms with E-state index in [0.29, 0.717) is 17.9 Å². The van der Waals surface area contributed by atoms with E-state index in [9.17, 15) is 4.79 Å². The molecule has 0 aromatic rings. The third-order valence-electron chi connectivity index (χ3n) is 4.45. The van der Waals surface area contributed by atoms with Gasteiger partial charge in [-0.05, 0) is 45.2 Å². The molecule has 1 amide bonds. The van der Waals surface area contributed by atoms with Crippen LogP contribution in [0.15, 0.2) is 0 Å². The number of piperidine rings is 1. The van der Waals surface area contributed by atoms with Gasteiger partial charge < -0.3 is 10.2 Å². The molecular formula is C15H28N2O. The Hall–Kier alpha value is -0.570. The average Bonchev–Trinajstić information content (AvgIpc) is 2.46. The van der Waals surface area contributed by atoms with Crippen molar-refractivity contribution in [3.05, 3.63) is 0 Å². The minimum atomic E-state index is 0.334. The summed E-state index contributed by atoms with van der Waals surface area (Å²) in [5, 5.41) is 3.39. The smallest absolute Gasteiger partial charge is 0.225 e. The van der Waals surface area contributed by atoms with Gasteiger partial charge in [-0.15, -0.1) is 0 Å². The molecule has 3 nitrogen and oxygen atoms in total. The molecular weight excluding hydrogens is 224 g/mol. The molecule has 1 aliphatic carbocycles. The summed E-state index contributed by atoms with van der Waals surface area (Å²) in [6.45, 7) is 5.29. The van der Waals surface area contributed by atoms with E-state index in [1.807, 2.05) is 0 Å². The summed E-state index contributed by atoms with van der Waals surface area (Å²) < 4.78 is 0. The molecule has 18 heavy (non-hydrogen) atoms. The maximum absolute atomic E-state index is 12.7. The lowest BCUT2D eigenvalue weighted by molar-refractivity contribution is -0.139. The van der Waals surface area contributed by atoms with Crippen molar-refractivity contribution < 1.29 is 4.79 Å². The van der Waals surface area contributed by atoms with Crippen molar-refractivity contribution in [3.8, 4) is 0 Å². The Kier molecular flexibility index (Phi) is 5.48. The van der Waals surface area contributed by atoms with E-state index >= 15 is 0 Å². The van der Waals surface area contributed by atoms with Gasteiger partial charge in [-0.25, -0.2) is 0 Å². The Bertz CT molecular complexity index is 255. The number of rotatable bonds is 4. The SMILES string of the molecule is CCCN(C(=O)C1CCCCC1)C1CCNCC1. The van der Waals surface area contributed by atoms with Gasteiger partial charge >= 0.3 is 0 Å². The summed E-state index contributed by atoms with van der Waals surface area (Å²) >= 11 is 0. The van der Waals surface area contributed by atoms with E-state index in [1.54, 1.807) is 0 Å². The molecule has 0 aromatic heterocycles. The zero-order chi connectivity index (χ0) is 12.8. The summed E-state index contributed by atoms with van der Waals surface area (Å²) in [6, 6.07) is 0.501. The van der Waals surface area contributed by atoms with Crippen molar-refractivity contribution in [1.29, 1.82) is 0 Å². The van der Waals surface area contributed by atoms with Gasteiger partial charge in [0.25, 0.3) is 0 Å². The van der Waals surface area contributed by atoms with Crippen LogP contribution in [0.2, 0.25) is 0 Å². The van der Waals surface area contributed by atoms with E-state index in [2.05, 4.69) is 17.1 Å². The molecule has 104 valence electrons. The lowest BCUT2D eigenvalue weighted by Crippen LogP contribution is -2.48. The minimum absolute atomic E-state index is 0.334. The summed E-state index contributed by atoms with van der Waals surface area (Å²) in [5.74, 6) is 0.795. The molecule has 2 aliphatic rings. The Balaban J connectivity index is 1.96. The highest BCUT2D eigenvalue weighted by Gasteiger charge is 2.30. The van der Waals surface area contributed by atoms with Crippen molar-refractivity contribution in [2.75, 3.05) is 19.6 Å². The van der Waals surface area contributed by atoms with Crippen LogP contribution in [0.25, 0.3) is 0 Å². The molecule has 0 aromatic carbocycles. The van der Waals surface area contributed by atoms with Gasteiger partial charge in [-0.1, -0.05) is 26.2 Å². The molecule has 0 unspecified atom stereocenters. The van der Waals surface area contributed by atoms with Gasteiger partial charge in [-0.3, -0.25) is 4.79 Å². The molecule has 0 radical (unpaired) electrons. The predicted molar refractivity (Wildman–Crippen MR) is 74.5 cm³/mol. The van der Waals surface area contributed by atoms with Crippen molar-refractivity contribution in [2.45, 2.75) is 64.3 Å². The molecule has 1 aliphatic heterocycles. The molecule has 2 rings (SSSR count). The zero-order valence-electron chi connectivity index (χ0n) is 11.8. The lowest BCUT2D eigenvalue weighted by Gasteiger charge is -2.37. The number of amides is 1. The number of nitrogens with one attached hydrogen (secondary N) is 1. The van der Waals surface area contributed by atoms with E-state index in [-0.39, 0.29) is 0 Å². The van der Waals surface area contributed by atoms with Crippen LogP contribution in [0.1, 0.15) is 58.3 Å².